The summed E-state index contributed by atoms with van der Waals surface area (Å²) >= 11 is 0. The second kappa shape index (κ2) is 8.10. The van der Waals surface area contributed by atoms with E-state index in [1.165, 1.54) is 25.3 Å². The molecule has 7 nitrogen and oxygen atoms in total. The van der Waals surface area contributed by atoms with Gasteiger partial charge in [0.05, 0.1) is 23.8 Å². The summed E-state index contributed by atoms with van der Waals surface area (Å²) < 4.78 is 31.0. The number of nitrogens with one attached hydrogen (secondary N) is 2. The van der Waals surface area contributed by atoms with Crippen LogP contribution in [0.15, 0.2) is 36.4 Å². The maximum atomic E-state index is 12.8. The van der Waals surface area contributed by atoms with Crippen LogP contribution in [0.25, 0.3) is 11.0 Å². The Hall–Kier alpha value is -3.49. The fraction of sp³-hybridized carbons (Fsp3) is 0.286. The molecule has 30 heavy (non-hydrogen) atoms. The van der Waals surface area contributed by atoms with Gasteiger partial charge in [-0.25, -0.2) is 13.8 Å². The molecule has 1 aromatic heterocycles. The van der Waals surface area contributed by atoms with Crippen LogP contribution in [-0.4, -0.2) is 35.4 Å². The van der Waals surface area contributed by atoms with Gasteiger partial charge in [-0.05, 0) is 49.2 Å². The molecule has 2 N–H and O–H groups in total. The molecule has 156 valence electrons. The minimum absolute atomic E-state index is 0.0163. The number of imidazole rings is 1. The number of aromatic nitrogens is 2. The summed E-state index contributed by atoms with van der Waals surface area (Å²) in [5.41, 5.74) is 2.10. The molecule has 3 aromatic rings. The third-order valence-corrected chi connectivity index (χ3v) is 5.02. The molecule has 1 aliphatic rings. The highest BCUT2D eigenvalue weighted by molar-refractivity contribution is 6.06. The molecule has 9 heteroatoms. The molecular formula is C21H20F2N4O3. The maximum absolute atomic E-state index is 12.8. The number of amides is 2. The smallest absolute Gasteiger partial charge is 0.295 e. The van der Waals surface area contributed by atoms with Crippen molar-refractivity contribution < 1.29 is 23.1 Å². The molecule has 0 atom stereocenters. The van der Waals surface area contributed by atoms with E-state index in [-0.39, 0.29) is 5.91 Å². The molecule has 0 bridgehead atoms. The van der Waals surface area contributed by atoms with E-state index in [4.69, 9.17) is 4.74 Å². The fourth-order valence-corrected chi connectivity index (χ4v) is 3.52. The van der Waals surface area contributed by atoms with Crippen molar-refractivity contribution in [3.05, 3.63) is 47.8 Å². The average molecular weight is 414 g/mol. The standard InChI is InChI=1S/C21H20F2N4O3/c1-30-17-8-6-13(11-16(17)27-9-3-2-4-18(27)28)24-21(29)12-5-7-14-15(10-12)26-20(25-14)19(22)23/h5-8,10-11,19H,2-4,9H2,1H3,(H,24,29)(H,25,26). The first kappa shape index (κ1) is 19.8. The zero-order chi connectivity index (χ0) is 21.3. The van der Waals surface area contributed by atoms with Gasteiger partial charge in [0.25, 0.3) is 12.3 Å². The fourth-order valence-electron chi connectivity index (χ4n) is 3.52. The molecule has 0 saturated carbocycles. The van der Waals surface area contributed by atoms with Crippen LogP contribution in [0.1, 0.15) is 41.9 Å². The zero-order valence-electron chi connectivity index (χ0n) is 16.2. The molecule has 2 amide bonds. The van der Waals surface area contributed by atoms with Gasteiger partial charge in [-0.2, -0.15) is 0 Å². The van der Waals surface area contributed by atoms with Gasteiger partial charge in [-0.3, -0.25) is 9.59 Å². The van der Waals surface area contributed by atoms with E-state index in [0.29, 0.717) is 46.7 Å². The Kier molecular flexibility index (Phi) is 5.35. The van der Waals surface area contributed by atoms with E-state index < -0.39 is 18.2 Å². The van der Waals surface area contributed by atoms with Gasteiger partial charge < -0.3 is 19.9 Å². The number of methoxy groups -OCH3 is 1. The van der Waals surface area contributed by atoms with Gasteiger partial charge in [0.15, 0.2) is 5.82 Å². The number of hydrogen-bond donors (Lipinski definition) is 2. The van der Waals surface area contributed by atoms with Crippen molar-refractivity contribution in [1.29, 1.82) is 0 Å². The van der Waals surface area contributed by atoms with Crippen molar-refractivity contribution >= 4 is 34.2 Å². The topological polar surface area (TPSA) is 87.3 Å². The molecule has 2 heterocycles. The van der Waals surface area contributed by atoms with E-state index in [0.717, 1.165) is 12.8 Å². The highest BCUT2D eigenvalue weighted by Gasteiger charge is 2.23. The van der Waals surface area contributed by atoms with Crippen molar-refractivity contribution in [3.8, 4) is 5.75 Å². The van der Waals surface area contributed by atoms with E-state index >= 15 is 0 Å². The lowest BCUT2D eigenvalue weighted by molar-refractivity contribution is -0.119. The molecule has 1 fully saturated rings. The average Bonchev–Trinajstić information content (AvgIpc) is 3.18. The summed E-state index contributed by atoms with van der Waals surface area (Å²) in [4.78, 5) is 33.0. The monoisotopic (exact) mass is 414 g/mol. The van der Waals surface area contributed by atoms with E-state index in [1.807, 2.05) is 0 Å². The highest BCUT2D eigenvalue weighted by atomic mass is 19.3. The van der Waals surface area contributed by atoms with Gasteiger partial charge >= 0.3 is 0 Å². The van der Waals surface area contributed by atoms with Crippen molar-refractivity contribution in [3.63, 3.8) is 0 Å². The van der Waals surface area contributed by atoms with Crippen LogP contribution in [0.4, 0.5) is 20.2 Å². The Morgan fingerprint density at radius 2 is 2.07 bits per heavy atom. The van der Waals surface area contributed by atoms with Crippen molar-refractivity contribution in [2.45, 2.75) is 25.7 Å². The van der Waals surface area contributed by atoms with Gasteiger partial charge in [-0.15, -0.1) is 0 Å². The van der Waals surface area contributed by atoms with Crippen LogP contribution < -0.4 is 15.0 Å². The number of halogens is 2. The van der Waals surface area contributed by atoms with Crippen molar-refractivity contribution in [1.82, 2.24) is 9.97 Å². The third kappa shape index (κ3) is 3.83. The van der Waals surface area contributed by atoms with E-state index in [2.05, 4.69) is 15.3 Å². The summed E-state index contributed by atoms with van der Waals surface area (Å²) in [7, 11) is 1.53. The third-order valence-electron chi connectivity index (χ3n) is 5.02. The largest absolute Gasteiger partial charge is 0.495 e. The molecule has 2 aromatic carbocycles. The Labute approximate surface area is 171 Å². The number of ether oxygens (including phenoxy) is 1. The second-order valence-electron chi connectivity index (χ2n) is 7.00. The number of benzene rings is 2. The molecule has 1 aliphatic heterocycles. The molecule has 0 unspecified atom stereocenters. The van der Waals surface area contributed by atoms with Gasteiger partial charge in [-0.1, -0.05) is 0 Å². The number of anilines is 2. The van der Waals surface area contributed by atoms with Crippen LogP contribution in [0.5, 0.6) is 5.75 Å². The predicted molar refractivity (Wildman–Crippen MR) is 108 cm³/mol. The lowest BCUT2D eigenvalue weighted by Gasteiger charge is -2.28. The molecule has 0 spiro atoms. The summed E-state index contributed by atoms with van der Waals surface area (Å²) in [5, 5.41) is 2.78. The van der Waals surface area contributed by atoms with Gasteiger partial charge in [0, 0.05) is 24.2 Å². The molecule has 4 rings (SSSR count). The lowest BCUT2D eigenvalue weighted by atomic mass is 10.1. The van der Waals surface area contributed by atoms with Crippen LogP contribution in [0, 0.1) is 0 Å². The van der Waals surface area contributed by atoms with Gasteiger partial charge in [0.2, 0.25) is 5.91 Å². The number of alkyl halides is 2. The first-order valence-electron chi connectivity index (χ1n) is 9.54. The molecule has 1 saturated heterocycles. The Bertz CT molecular complexity index is 1110. The number of hydrogen-bond acceptors (Lipinski definition) is 4. The SMILES string of the molecule is COc1ccc(NC(=O)c2ccc3nc(C(F)F)[nH]c3c2)cc1N1CCCCC1=O. The summed E-state index contributed by atoms with van der Waals surface area (Å²) in [6, 6.07) is 9.58. The molecule has 0 aliphatic carbocycles. The quantitative estimate of drug-likeness (QED) is 0.652. The lowest BCUT2D eigenvalue weighted by Crippen LogP contribution is -2.35. The van der Waals surface area contributed by atoms with E-state index in [9.17, 15) is 18.4 Å². The summed E-state index contributed by atoms with van der Waals surface area (Å²) in [5.74, 6) is -0.288. The Morgan fingerprint density at radius 1 is 1.23 bits per heavy atom. The first-order chi connectivity index (χ1) is 14.5. The van der Waals surface area contributed by atoms with Crippen molar-refractivity contribution in [2.75, 3.05) is 23.9 Å². The summed E-state index contributed by atoms with van der Waals surface area (Å²) in [6.45, 7) is 0.593. The number of aromatic amines is 1. The maximum Gasteiger partial charge on any atom is 0.295 e. The number of rotatable bonds is 5. The zero-order valence-corrected chi connectivity index (χ0v) is 16.2. The Balaban J connectivity index is 1.59. The molecule has 0 radical (unpaired) electrons. The number of carbonyl (C=O) groups is 2. The number of H-pyrrole nitrogens is 1. The van der Waals surface area contributed by atoms with Gasteiger partial charge in [0.1, 0.15) is 5.75 Å². The highest BCUT2D eigenvalue weighted by Crippen LogP contribution is 2.34. The normalized spacial score (nSPS) is 14.4. The summed E-state index contributed by atoms with van der Waals surface area (Å²) in [6.07, 6.45) is -0.483. The Morgan fingerprint density at radius 3 is 2.80 bits per heavy atom. The predicted octanol–water partition coefficient (Wildman–Crippen LogP) is 4.28. The van der Waals surface area contributed by atoms with Crippen LogP contribution >= 0.6 is 0 Å². The number of carbonyl (C=O) groups excluding carboxylic acids is 2. The van der Waals surface area contributed by atoms with E-state index in [1.54, 1.807) is 23.1 Å². The van der Waals surface area contributed by atoms with Crippen LogP contribution in [0.2, 0.25) is 0 Å². The van der Waals surface area contributed by atoms with Crippen LogP contribution in [0.3, 0.4) is 0 Å². The molecular weight excluding hydrogens is 394 g/mol. The van der Waals surface area contributed by atoms with Crippen LogP contribution in [-0.2, 0) is 4.79 Å². The minimum Gasteiger partial charge on any atom is -0.495 e. The first-order valence-corrected chi connectivity index (χ1v) is 9.54. The second-order valence-corrected chi connectivity index (χ2v) is 7.00. The number of fused-ring (bicyclic) bond motifs is 1. The van der Waals surface area contributed by atoms with Crippen molar-refractivity contribution in [2.24, 2.45) is 0 Å². The number of piperidine rings is 1. The minimum atomic E-state index is -2.72. The number of nitrogens with zero attached hydrogens (tertiary/aromatic N) is 2.